The standard InChI is InChI=1S/C41H25N3O/c1-2-11-28(12-3-1)39-42-40(29-21-18-27(19-22-29)31-23-20-26-10-4-5-13-30(26)24-31)44-41(43-39)37-33-15-7-6-14-32(33)25-35-34-16-8-9-17-36(34)45-38(35)37/h1-25H. The van der Waals surface area contributed by atoms with E-state index in [1.807, 2.05) is 54.6 Å². The molecule has 7 aromatic carbocycles. The van der Waals surface area contributed by atoms with Crippen LogP contribution in [0.15, 0.2) is 156 Å². The Morgan fingerprint density at radius 1 is 0.356 bits per heavy atom. The van der Waals surface area contributed by atoms with Gasteiger partial charge in [-0.3, -0.25) is 0 Å². The Morgan fingerprint density at radius 2 is 0.933 bits per heavy atom. The molecule has 0 saturated carbocycles. The smallest absolute Gasteiger partial charge is 0.168 e. The Kier molecular flexibility index (Phi) is 5.78. The first-order chi connectivity index (χ1) is 22.3. The molecule has 210 valence electrons. The molecule has 0 saturated heterocycles. The van der Waals surface area contributed by atoms with Crippen molar-refractivity contribution in [1.82, 2.24) is 15.0 Å². The van der Waals surface area contributed by atoms with Gasteiger partial charge in [0.25, 0.3) is 0 Å². The van der Waals surface area contributed by atoms with E-state index in [0.29, 0.717) is 17.5 Å². The van der Waals surface area contributed by atoms with Crippen molar-refractivity contribution in [2.75, 3.05) is 0 Å². The predicted octanol–water partition coefficient (Wildman–Crippen LogP) is 10.7. The average molecular weight is 576 g/mol. The second-order valence-electron chi connectivity index (χ2n) is 11.3. The third-order valence-corrected chi connectivity index (χ3v) is 8.51. The number of benzene rings is 7. The van der Waals surface area contributed by atoms with Crippen LogP contribution in [0.3, 0.4) is 0 Å². The molecular weight excluding hydrogens is 550 g/mol. The summed E-state index contributed by atoms with van der Waals surface area (Å²) in [4.78, 5) is 15.2. The van der Waals surface area contributed by atoms with Crippen LogP contribution in [0, 0.1) is 0 Å². The Hall–Kier alpha value is -6.13. The molecule has 0 N–H and O–H groups in total. The molecule has 0 bridgehead atoms. The first-order valence-corrected chi connectivity index (χ1v) is 15.0. The van der Waals surface area contributed by atoms with Crippen molar-refractivity contribution >= 4 is 43.5 Å². The molecule has 9 aromatic rings. The summed E-state index contributed by atoms with van der Waals surface area (Å²) < 4.78 is 6.53. The van der Waals surface area contributed by atoms with E-state index in [2.05, 4.69) is 97.1 Å². The van der Waals surface area contributed by atoms with Crippen LogP contribution in [-0.2, 0) is 0 Å². The number of furan rings is 1. The van der Waals surface area contributed by atoms with Crippen LogP contribution in [-0.4, -0.2) is 15.0 Å². The zero-order chi connectivity index (χ0) is 29.7. The molecule has 0 spiro atoms. The molecule has 0 aliphatic heterocycles. The third-order valence-electron chi connectivity index (χ3n) is 8.51. The lowest BCUT2D eigenvalue weighted by Gasteiger charge is -2.11. The minimum absolute atomic E-state index is 0.582. The molecule has 0 unspecified atom stereocenters. The molecule has 4 nitrogen and oxygen atoms in total. The average Bonchev–Trinajstić information content (AvgIpc) is 3.48. The van der Waals surface area contributed by atoms with E-state index in [9.17, 15) is 0 Å². The molecule has 0 fully saturated rings. The van der Waals surface area contributed by atoms with Gasteiger partial charge in [-0.25, -0.2) is 15.0 Å². The summed E-state index contributed by atoms with van der Waals surface area (Å²) in [6, 6.07) is 52.3. The molecule has 0 aliphatic carbocycles. The van der Waals surface area contributed by atoms with Gasteiger partial charge in [-0.2, -0.15) is 0 Å². The topological polar surface area (TPSA) is 51.8 Å². The van der Waals surface area contributed by atoms with Crippen molar-refractivity contribution in [3.63, 3.8) is 0 Å². The van der Waals surface area contributed by atoms with Crippen LogP contribution < -0.4 is 0 Å². The molecular formula is C41H25N3O. The quantitative estimate of drug-likeness (QED) is 0.209. The molecule has 4 heteroatoms. The van der Waals surface area contributed by atoms with Crippen molar-refractivity contribution < 1.29 is 4.42 Å². The van der Waals surface area contributed by atoms with Gasteiger partial charge in [0, 0.05) is 21.9 Å². The minimum atomic E-state index is 0.582. The van der Waals surface area contributed by atoms with Gasteiger partial charge in [0.1, 0.15) is 11.2 Å². The van der Waals surface area contributed by atoms with Gasteiger partial charge in [0.15, 0.2) is 17.5 Å². The van der Waals surface area contributed by atoms with Crippen molar-refractivity contribution in [3.05, 3.63) is 152 Å². The van der Waals surface area contributed by atoms with Gasteiger partial charge in [-0.05, 0) is 50.9 Å². The predicted molar refractivity (Wildman–Crippen MR) is 184 cm³/mol. The lowest BCUT2D eigenvalue weighted by atomic mass is 9.99. The molecule has 0 aliphatic rings. The van der Waals surface area contributed by atoms with E-state index in [-0.39, 0.29) is 0 Å². The van der Waals surface area contributed by atoms with Crippen molar-refractivity contribution in [3.8, 4) is 45.3 Å². The number of rotatable bonds is 4. The maximum absolute atomic E-state index is 6.53. The summed E-state index contributed by atoms with van der Waals surface area (Å²) in [7, 11) is 0. The van der Waals surface area contributed by atoms with E-state index in [1.54, 1.807) is 0 Å². The van der Waals surface area contributed by atoms with Gasteiger partial charge in [-0.1, -0.05) is 133 Å². The SMILES string of the molecule is c1ccc(-c2nc(-c3ccc(-c4ccc5ccccc5c4)cc3)nc(-c3c4ccccc4cc4c3oc3ccccc34)n2)cc1. The highest BCUT2D eigenvalue weighted by atomic mass is 16.3. The van der Waals surface area contributed by atoms with Crippen molar-refractivity contribution in [2.24, 2.45) is 0 Å². The summed E-state index contributed by atoms with van der Waals surface area (Å²) in [5.41, 5.74) is 6.64. The van der Waals surface area contributed by atoms with Crippen LogP contribution in [0.1, 0.15) is 0 Å². The highest BCUT2D eigenvalue weighted by Gasteiger charge is 2.20. The number of para-hydroxylation sites is 1. The number of hydrogen-bond donors (Lipinski definition) is 0. The van der Waals surface area contributed by atoms with Gasteiger partial charge in [0.05, 0.1) is 5.56 Å². The number of hydrogen-bond acceptors (Lipinski definition) is 4. The normalized spacial score (nSPS) is 11.6. The molecule has 2 aromatic heterocycles. The summed E-state index contributed by atoms with van der Waals surface area (Å²) >= 11 is 0. The van der Waals surface area contributed by atoms with E-state index < -0.39 is 0 Å². The maximum atomic E-state index is 6.53. The van der Waals surface area contributed by atoms with Crippen molar-refractivity contribution in [2.45, 2.75) is 0 Å². The molecule has 0 amide bonds. The summed E-state index contributed by atoms with van der Waals surface area (Å²) in [6.45, 7) is 0. The maximum Gasteiger partial charge on any atom is 0.168 e. The van der Waals surface area contributed by atoms with Crippen LogP contribution in [0.2, 0.25) is 0 Å². The Bertz CT molecular complexity index is 2530. The van der Waals surface area contributed by atoms with Gasteiger partial charge < -0.3 is 4.42 Å². The first-order valence-electron chi connectivity index (χ1n) is 15.0. The highest BCUT2D eigenvalue weighted by molar-refractivity contribution is 6.17. The summed E-state index contributed by atoms with van der Waals surface area (Å²) in [6.07, 6.45) is 0. The van der Waals surface area contributed by atoms with E-state index in [0.717, 1.165) is 55.0 Å². The minimum Gasteiger partial charge on any atom is -0.455 e. The lowest BCUT2D eigenvalue weighted by Crippen LogP contribution is -2.01. The fourth-order valence-corrected chi connectivity index (χ4v) is 6.26. The second-order valence-corrected chi connectivity index (χ2v) is 11.3. The van der Waals surface area contributed by atoms with Gasteiger partial charge >= 0.3 is 0 Å². The van der Waals surface area contributed by atoms with Crippen LogP contribution in [0.4, 0.5) is 0 Å². The largest absolute Gasteiger partial charge is 0.455 e. The van der Waals surface area contributed by atoms with E-state index >= 15 is 0 Å². The van der Waals surface area contributed by atoms with Gasteiger partial charge in [-0.15, -0.1) is 0 Å². The van der Waals surface area contributed by atoms with Crippen LogP contribution >= 0.6 is 0 Å². The Labute approximate surface area is 259 Å². The number of nitrogens with zero attached hydrogens (tertiary/aromatic N) is 3. The fraction of sp³-hybridized carbons (Fsp3) is 0. The molecule has 45 heavy (non-hydrogen) atoms. The van der Waals surface area contributed by atoms with E-state index in [1.165, 1.54) is 16.3 Å². The Balaban J connectivity index is 1.25. The fourth-order valence-electron chi connectivity index (χ4n) is 6.26. The third kappa shape index (κ3) is 4.35. The van der Waals surface area contributed by atoms with Crippen LogP contribution in [0.5, 0.6) is 0 Å². The highest BCUT2D eigenvalue weighted by Crippen LogP contribution is 2.40. The first kappa shape index (κ1) is 25.4. The van der Waals surface area contributed by atoms with Crippen LogP contribution in [0.25, 0.3) is 88.8 Å². The number of fused-ring (bicyclic) bond motifs is 5. The zero-order valence-electron chi connectivity index (χ0n) is 24.2. The molecule has 9 rings (SSSR count). The molecule has 0 atom stereocenters. The van der Waals surface area contributed by atoms with E-state index in [4.69, 9.17) is 19.4 Å². The van der Waals surface area contributed by atoms with Gasteiger partial charge in [0.2, 0.25) is 0 Å². The molecule has 2 heterocycles. The number of aromatic nitrogens is 3. The zero-order valence-corrected chi connectivity index (χ0v) is 24.2. The molecule has 0 radical (unpaired) electrons. The summed E-state index contributed by atoms with van der Waals surface area (Å²) in [5.74, 6) is 1.81. The monoisotopic (exact) mass is 575 g/mol. The Morgan fingerprint density at radius 3 is 1.73 bits per heavy atom. The van der Waals surface area contributed by atoms with Crippen molar-refractivity contribution in [1.29, 1.82) is 0 Å². The second kappa shape index (κ2) is 10.2. The lowest BCUT2D eigenvalue weighted by molar-refractivity contribution is 0.670. The summed E-state index contributed by atoms with van der Waals surface area (Å²) in [5, 5.41) is 6.71.